The summed E-state index contributed by atoms with van der Waals surface area (Å²) in [5.74, 6) is -12.2. The van der Waals surface area contributed by atoms with Crippen LogP contribution in [0.5, 0.6) is 0 Å². The maximum absolute atomic E-state index is 13.3. The number of benzene rings is 1. The van der Waals surface area contributed by atoms with Crippen LogP contribution in [0.3, 0.4) is 0 Å². The molecule has 3 nitrogen and oxygen atoms in total. The van der Waals surface area contributed by atoms with Crippen LogP contribution in [0.25, 0.3) is 0 Å². The number of halogens is 5. The zero-order valence-corrected chi connectivity index (χ0v) is 10.0. The van der Waals surface area contributed by atoms with Crippen LogP contribution in [0.1, 0.15) is 13.8 Å². The first-order chi connectivity index (χ1) is 8.68. The highest BCUT2D eigenvalue weighted by Crippen LogP contribution is 2.27. The van der Waals surface area contributed by atoms with Crippen molar-refractivity contribution >= 4 is 11.6 Å². The van der Waals surface area contributed by atoms with Crippen LogP contribution in [0.4, 0.5) is 27.6 Å². The van der Waals surface area contributed by atoms with Crippen molar-refractivity contribution in [3.8, 4) is 0 Å². The quantitative estimate of drug-likeness (QED) is 0.508. The van der Waals surface area contributed by atoms with Crippen molar-refractivity contribution in [1.82, 2.24) is 0 Å². The van der Waals surface area contributed by atoms with E-state index in [-0.39, 0.29) is 5.92 Å². The highest BCUT2D eigenvalue weighted by Gasteiger charge is 2.28. The molecule has 0 bridgehead atoms. The van der Waals surface area contributed by atoms with Gasteiger partial charge in [-0.3, -0.25) is 4.79 Å². The van der Waals surface area contributed by atoms with Crippen LogP contribution in [0.2, 0.25) is 0 Å². The zero-order chi connectivity index (χ0) is 14.9. The molecule has 1 aromatic rings. The summed E-state index contributed by atoms with van der Waals surface area (Å²) in [7, 11) is 0. The van der Waals surface area contributed by atoms with Crippen LogP contribution in [0.15, 0.2) is 0 Å². The number of hydrogen-bond acceptors (Lipinski definition) is 2. The molecule has 1 rings (SSSR count). The second-order valence-corrected chi connectivity index (χ2v) is 4.20. The number of carbonyl (C=O) groups is 1. The molecule has 1 aromatic carbocycles. The van der Waals surface area contributed by atoms with E-state index in [4.69, 9.17) is 5.73 Å². The first-order valence-corrected chi connectivity index (χ1v) is 5.26. The van der Waals surface area contributed by atoms with Crippen molar-refractivity contribution in [2.45, 2.75) is 19.9 Å². The van der Waals surface area contributed by atoms with Gasteiger partial charge < -0.3 is 11.1 Å². The highest BCUT2D eigenvalue weighted by atomic mass is 19.2. The average molecular weight is 282 g/mol. The van der Waals surface area contributed by atoms with Gasteiger partial charge in [-0.1, -0.05) is 13.8 Å². The SMILES string of the molecule is CC(C)[C@@H](N)C(=O)Nc1c(F)c(F)c(F)c(F)c1F. The Kier molecular flexibility index (Phi) is 4.46. The molecule has 0 fully saturated rings. The van der Waals surface area contributed by atoms with E-state index in [0.29, 0.717) is 0 Å². The number of carbonyl (C=O) groups excluding carboxylic acids is 1. The predicted molar refractivity (Wildman–Crippen MR) is 57.7 cm³/mol. The minimum atomic E-state index is -2.29. The fourth-order valence-corrected chi connectivity index (χ4v) is 1.22. The molecule has 0 saturated carbocycles. The first kappa shape index (κ1) is 15.4. The van der Waals surface area contributed by atoms with E-state index in [1.807, 2.05) is 0 Å². The smallest absolute Gasteiger partial charge is 0.241 e. The van der Waals surface area contributed by atoms with Gasteiger partial charge in [-0.05, 0) is 5.92 Å². The number of anilines is 1. The average Bonchev–Trinajstić information content (AvgIpc) is 2.37. The zero-order valence-electron chi connectivity index (χ0n) is 10.0. The minimum absolute atomic E-state index is 0.374. The molecular formula is C11H11F5N2O. The van der Waals surface area contributed by atoms with Crippen molar-refractivity contribution in [3.05, 3.63) is 29.1 Å². The van der Waals surface area contributed by atoms with Crippen LogP contribution >= 0.6 is 0 Å². The number of nitrogens with one attached hydrogen (secondary N) is 1. The van der Waals surface area contributed by atoms with Crippen LogP contribution < -0.4 is 11.1 Å². The first-order valence-electron chi connectivity index (χ1n) is 5.26. The lowest BCUT2D eigenvalue weighted by Crippen LogP contribution is -2.40. The van der Waals surface area contributed by atoms with Gasteiger partial charge in [0, 0.05) is 0 Å². The largest absolute Gasteiger partial charge is 0.320 e. The Balaban J connectivity index is 3.19. The third-order valence-corrected chi connectivity index (χ3v) is 2.48. The lowest BCUT2D eigenvalue weighted by Gasteiger charge is -2.16. The summed E-state index contributed by atoms with van der Waals surface area (Å²) in [4.78, 5) is 11.5. The van der Waals surface area contributed by atoms with Gasteiger partial charge in [-0.15, -0.1) is 0 Å². The summed E-state index contributed by atoms with van der Waals surface area (Å²) in [5.41, 5.74) is 3.99. The normalized spacial score (nSPS) is 12.7. The summed E-state index contributed by atoms with van der Waals surface area (Å²) >= 11 is 0. The molecule has 3 N–H and O–H groups in total. The second-order valence-electron chi connectivity index (χ2n) is 4.20. The van der Waals surface area contributed by atoms with Crippen molar-refractivity contribution in [3.63, 3.8) is 0 Å². The Labute approximate surface area is 105 Å². The molecule has 1 amide bonds. The predicted octanol–water partition coefficient (Wildman–Crippen LogP) is 2.30. The van der Waals surface area contributed by atoms with E-state index in [9.17, 15) is 26.7 Å². The lowest BCUT2D eigenvalue weighted by atomic mass is 10.0. The third kappa shape index (κ3) is 2.83. The highest BCUT2D eigenvalue weighted by molar-refractivity contribution is 5.95. The van der Waals surface area contributed by atoms with Crippen molar-refractivity contribution in [2.24, 2.45) is 11.7 Å². The van der Waals surface area contributed by atoms with Gasteiger partial charge in [-0.2, -0.15) is 0 Å². The Hall–Kier alpha value is -1.70. The van der Waals surface area contributed by atoms with Crippen LogP contribution in [0, 0.1) is 35.0 Å². The maximum Gasteiger partial charge on any atom is 0.241 e. The third-order valence-electron chi connectivity index (χ3n) is 2.48. The summed E-state index contributed by atoms with van der Waals surface area (Å²) in [5, 5.41) is 1.61. The van der Waals surface area contributed by atoms with E-state index in [1.54, 1.807) is 19.2 Å². The summed E-state index contributed by atoms with van der Waals surface area (Å²) in [6.45, 7) is 3.12. The summed E-state index contributed by atoms with van der Waals surface area (Å²) < 4.78 is 65.0. The van der Waals surface area contributed by atoms with E-state index in [1.165, 1.54) is 0 Å². The molecule has 0 unspecified atom stereocenters. The molecule has 0 aliphatic rings. The van der Waals surface area contributed by atoms with E-state index >= 15 is 0 Å². The number of hydrogen-bond donors (Lipinski definition) is 2. The fourth-order valence-electron chi connectivity index (χ4n) is 1.22. The molecule has 0 aliphatic carbocycles. The van der Waals surface area contributed by atoms with E-state index < -0.39 is 46.7 Å². The van der Waals surface area contributed by atoms with Crippen molar-refractivity contribution < 1.29 is 26.7 Å². The van der Waals surface area contributed by atoms with E-state index in [0.717, 1.165) is 0 Å². The Morgan fingerprint density at radius 1 is 0.947 bits per heavy atom. The molecule has 106 valence electrons. The van der Waals surface area contributed by atoms with Crippen LogP contribution in [-0.2, 0) is 4.79 Å². The Morgan fingerprint density at radius 3 is 1.68 bits per heavy atom. The summed E-state index contributed by atoms with van der Waals surface area (Å²) in [6, 6.07) is -1.14. The Bertz CT molecular complexity index is 489. The van der Waals surface area contributed by atoms with Gasteiger partial charge in [0.05, 0.1) is 6.04 Å². The molecule has 0 radical (unpaired) electrons. The number of amides is 1. The van der Waals surface area contributed by atoms with Gasteiger partial charge >= 0.3 is 0 Å². The monoisotopic (exact) mass is 282 g/mol. The molecule has 1 atom stereocenters. The van der Waals surface area contributed by atoms with Gasteiger partial charge in [0.25, 0.3) is 0 Å². The fraction of sp³-hybridized carbons (Fsp3) is 0.364. The van der Waals surface area contributed by atoms with Gasteiger partial charge in [0.1, 0.15) is 5.69 Å². The standard InChI is InChI=1S/C11H11F5N2O/c1-3(2)9(17)11(19)18-10-7(15)5(13)4(12)6(14)8(10)16/h3,9H,17H2,1-2H3,(H,18,19)/t9-/m1/s1. The molecule has 0 aliphatic heterocycles. The van der Waals surface area contributed by atoms with Crippen molar-refractivity contribution in [2.75, 3.05) is 5.32 Å². The summed E-state index contributed by atoms with van der Waals surface area (Å²) in [6.07, 6.45) is 0. The topological polar surface area (TPSA) is 55.1 Å². The molecule has 0 saturated heterocycles. The van der Waals surface area contributed by atoms with E-state index in [2.05, 4.69) is 0 Å². The molecule has 19 heavy (non-hydrogen) atoms. The minimum Gasteiger partial charge on any atom is -0.320 e. The molecule has 8 heteroatoms. The Morgan fingerprint density at radius 2 is 1.32 bits per heavy atom. The molecule has 0 aromatic heterocycles. The van der Waals surface area contributed by atoms with Gasteiger partial charge in [0.2, 0.25) is 11.7 Å². The van der Waals surface area contributed by atoms with Crippen LogP contribution in [-0.4, -0.2) is 11.9 Å². The second kappa shape index (κ2) is 5.52. The molecule has 0 heterocycles. The maximum atomic E-state index is 13.3. The number of rotatable bonds is 3. The van der Waals surface area contributed by atoms with Gasteiger partial charge in [0.15, 0.2) is 23.3 Å². The lowest BCUT2D eigenvalue weighted by molar-refractivity contribution is -0.118. The molecular weight excluding hydrogens is 271 g/mol. The number of nitrogens with two attached hydrogens (primary N) is 1. The van der Waals surface area contributed by atoms with Gasteiger partial charge in [-0.25, -0.2) is 22.0 Å². The molecule has 0 spiro atoms. The van der Waals surface area contributed by atoms with Crippen molar-refractivity contribution in [1.29, 1.82) is 0 Å².